The molecule has 1 aromatic rings. The average Bonchev–Trinajstić information content (AvgIpc) is 3.02. The van der Waals surface area contributed by atoms with Crippen molar-refractivity contribution < 1.29 is 0 Å². The molecule has 0 aliphatic heterocycles. The average molecular weight is 238 g/mol. The lowest BCUT2D eigenvalue weighted by Gasteiger charge is -2.16. The third kappa shape index (κ3) is 3.56. The standard InChI is InChI=1S/C13H22N2S/c1-3-14-13(11-7-8-11)6-4-5-12-9-16-10(2)15-12/h9,11,13-14H,3-8H2,1-2H3. The van der Waals surface area contributed by atoms with Crippen molar-refractivity contribution in [1.29, 1.82) is 0 Å². The maximum atomic E-state index is 4.51. The summed E-state index contributed by atoms with van der Waals surface area (Å²) in [5, 5.41) is 7.02. The van der Waals surface area contributed by atoms with Crippen LogP contribution in [0.4, 0.5) is 0 Å². The minimum atomic E-state index is 0.768. The predicted octanol–water partition coefficient (Wildman–Crippen LogP) is 3.16. The summed E-state index contributed by atoms with van der Waals surface area (Å²) in [6.45, 7) is 5.40. The van der Waals surface area contributed by atoms with E-state index in [2.05, 4.69) is 29.5 Å². The van der Waals surface area contributed by atoms with Crippen LogP contribution in [0.25, 0.3) is 0 Å². The summed E-state index contributed by atoms with van der Waals surface area (Å²) < 4.78 is 0. The number of aromatic nitrogens is 1. The molecule has 90 valence electrons. The normalized spacial score (nSPS) is 17.6. The molecule has 1 heterocycles. The minimum absolute atomic E-state index is 0.768. The molecule has 1 atom stereocenters. The third-order valence-corrected chi connectivity index (χ3v) is 4.09. The number of hydrogen-bond donors (Lipinski definition) is 1. The Morgan fingerprint density at radius 3 is 2.94 bits per heavy atom. The summed E-state index contributed by atoms with van der Waals surface area (Å²) in [6, 6.07) is 0.768. The van der Waals surface area contributed by atoms with Gasteiger partial charge in [-0.25, -0.2) is 4.98 Å². The molecule has 2 rings (SSSR count). The lowest BCUT2D eigenvalue weighted by atomic mass is 10.0. The molecule has 1 aromatic heterocycles. The van der Waals surface area contributed by atoms with E-state index in [-0.39, 0.29) is 0 Å². The van der Waals surface area contributed by atoms with Crippen molar-refractivity contribution in [2.75, 3.05) is 6.54 Å². The summed E-state index contributed by atoms with van der Waals surface area (Å²) >= 11 is 1.77. The number of rotatable bonds is 7. The molecule has 3 heteroatoms. The molecule has 1 fully saturated rings. The number of nitrogens with one attached hydrogen (secondary N) is 1. The molecule has 0 amide bonds. The Labute approximate surface area is 102 Å². The summed E-state index contributed by atoms with van der Waals surface area (Å²) in [4.78, 5) is 4.51. The fourth-order valence-corrected chi connectivity index (χ4v) is 2.94. The van der Waals surface area contributed by atoms with Crippen molar-refractivity contribution in [3.63, 3.8) is 0 Å². The van der Waals surface area contributed by atoms with E-state index < -0.39 is 0 Å². The first-order valence-electron chi connectivity index (χ1n) is 6.44. The second-order valence-electron chi connectivity index (χ2n) is 4.75. The third-order valence-electron chi connectivity index (χ3n) is 3.27. The van der Waals surface area contributed by atoms with Crippen LogP contribution in [0.15, 0.2) is 5.38 Å². The van der Waals surface area contributed by atoms with Crippen molar-refractivity contribution in [2.24, 2.45) is 5.92 Å². The van der Waals surface area contributed by atoms with Gasteiger partial charge < -0.3 is 5.32 Å². The Morgan fingerprint density at radius 1 is 1.56 bits per heavy atom. The zero-order valence-corrected chi connectivity index (χ0v) is 11.1. The summed E-state index contributed by atoms with van der Waals surface area (Å²) in [5.74, 6) is 0.970. The van der Waals surface area contributed by atoms with Crippen LogP contribution in [0.2, 0.25) is 0 Å². The summed E-state index contributed by atoms with van der Waals surface area (Å²) in [5.41, 5.74) is 1.29. The Morgan fingerprint density at radius 2 is 2.38 bits per heavy atom. The number of hydrogen-bond acceptors (Lipinski definition) is 3. The van der Waals surface area contributed by atoms with Gasteiger partial charge in [-0.3, -0.25) is 0 Å². The van der Waals surface area contributed by atoms with Crippen molar-refractivity contribution in [3.05, 3.63) is 16.1 Å². The van der Waals surface area contributed by atoms with Gasteiger partial charge in [-0.15, -0.1) is 11.3 Å². The lowest BCUT2D eigenvalue weighted by molar-refractivity contribution is 0.434. The van der Waals surface area contributed by atoms with E-state index in [0.717, 1.165) is 24.9 Å². The minimum Gasteiger partial charge on any atom is -0.314 e. The van der Waals surface area contributed by atoms with E-state index in [1.165, 1.54) is 36.4 Å². The Hall–Kier alpha value is -0.410. The van der Waals surface area contributed by atoms with E-state index in [0.29, 0.717) is 0 Å². The van der Waals surface area contributed by atoms with E-state index in [1.54, 1.807) is 11.3 Å². The zero-order valence-electron chi connectivity index (χ0n) is 10.3. The van der Waals surface area contributed by atoms with Gasteiger partial charge in [0.05, 0.1) is 10.7 Å². The highest BCUT2D eigenvalue weighted by Crippen LogP contribution is 2.34. The van der Waals surface area contributed by atoms with Gasteiger partial charge in [0.25, 0.3) is 0 Å². The highest BCUT2D eigenvalue weighted by Gasteiger charge is 2.29. The first kappa shape index (κ1) is 12.1. The molecule has 0 saturated heterocycles. The first-order chi connectivity index (χ1) is 7.79. The van der Waals surface area contributed by atoms with Crippen molar-refractivity contribution >= 4 is 11.3 Å². The van der Waals surface area contributed by atoms with Crippen LogP contribution < -0.4 is 5.32 Å². The Bertz CT molecular complexity index is 317. The molecule has 1 saturated carbocycles. The molecule has 0 aromatic carbocycles. The Kier molecular flexibility index (Phi) is 4.36. The summed E-state index contributed by atoms with van der Waals surface area (Å²) in [7, 11) is 0. The molecule has 1 aliphatic carbocycles. The van der Waals surface area contributed by atoms with Gasteiger partial charge in [-0.1, -0.05) is 6.92 Å². The second kappa shape index (κ2) is 5.78. The quantitative estimate of drug-likeness (QED) is 0.789. The molecule has 16 heavy (non-hydrogen) atoms. The monoisotopic (exact) mass is 238 g/mol. The first-order valence-corrected chi connectivity index (χ1v) is 7.32. The van der Waals surface area contributed by atoms with Crippen molar-refractivity contribution in [1.82, 2.24) is 10.3 Å². The van der Waals surface area contributed by atoms with Crippen LogP contribution in [0.3, 0.4) is 0 Å². The molecule has 0 spiro atoms. The second-order valence-corrected chi connectivity index (χ2v) is 5.81. The topological polar surface area (TPSA) is 24.9 Å². The van der Waals surface area contributed by atoms with E-state index in [4.69, 9.17) is 0 Å². The van der Waals surface area contributed by atoms with Gasteiger partial charge >= 0.3 is 0 Å². The molecule has 1 aliphatic rings. The van der Waals surface area contributed by atoms with Crippen LogP contribution in [0.1, 0.15) is 43.3 Å². The van der Waals surface area contributed by atoms with E-state index >= 15 is 0 Å². The number of thiazole rings is 1. The van der Waals surface area contributed by atoms with Crippen molar-refractivity contribution in [3.8, 4) is 0 Å². The molecule has 0 radical (unpaired) electrons. The molecule has 0 bridgehead atoms. The molecule has 1 N–H and O–H groups in total. The largest absolute Gasteiger partial charge is 0.314 e. The number of nitrogens with zero attached hydrogens (tertiary/aromatic N) is 1. The van der Waals surface area contributed by atoms with Crippen molar-refractivity contribution in [2.45, 2.75) is 52.0 Å². The van der Waals surface area contributed by atoms with Gasteiger partial charge in [-0.2, -0.15) is 0 Å². The lowest BCUT2D eigenvalue weighted by Crippen LogP contribution is -2.30. The maximum Gasteiger partial charge on any atom is 0.0897 e. The zero-order chi connectivity index (χ0) is 11.4. The smallest absolute Gasteiger partial charge is 0.0897 e. The fourth-order valence-electron chi connectivity index (χ4n) is 2.29. The molecule has 1 unspecified atom stereocenters. The highest BCUT2D eigenvalue weighted by atomic mass is 32.1. The molecule has 2 nitrogen and oxygen atoms in total. The Balaban J connectivity index is 1.69. The SMILES string of the molecule is CCNC(CCCc1csc(C)n1)C1CC1. The van der Waals surface area contributed by atoms with Gasteiger partial charge in [0.15, 0.2) is 0 Å². The predicted molar refractivity (Wildman–Crippen MR) is 70.0 cm³/mol. The molecular weight excluding hydrogens is 216 g/mol. The number of aryl methyl sites for hydroxylation is 2. The molecular formula is C13H22N2S. The van der Waals surface area contributed by atoms with Crippen LogP contribution in [-0.4, -0.2) is 17.6 Å². The van der Waals surface area contributed by atoms with Gasteiger partial charge in [0, 0.05) is 11.4 Å². The van der Waals surface area contributed by atoms with E-state index in [1.807, 2.05) is 0 Å². The van der Waals surface area contributed by atoms with E-state index in [9.17, 15) is 0 Å². The van der Waals surface area contributed by atoms with Gasteiger partial charge in [0.2, 0.25) is 0 Å². The van der Waals surface area contributed by atoms with Gasteiger partial charge in [-0.05, 0) is 51.5 Å². The summed E-state index contributed by atoms with van der Waals surface area (Å²) in [6.07, 6.45) is 6.62. The maximum absolute atomic E-state index is 4.51. The van der Waals surface area contributed by atoms with Crippen LogP contribution in [-0.2, 0) is 6.42 Å². The van der Waals surface area contributed by atoms with Gasteiger partial charge in [0.1, 0.15) is 0 Å². The van der Waals surface area contributed by atoms with Crippen LogP contribution in [0, 0.1) is 12.8 Å². The fraction of sp³-hybridized carbons (Fsp3) is 0.769. The van der Waals surface area contributed by atoms with Crippen LogP contribution >= 0.6 is 11.3 Å². The van der Waals surface area contributed by atoms with Crippen LogP contribution in [0.5, 0.6) is 0 Å². The highest BCUT2D eigenvalue weighted by molar-refractivity contribution is 7.09.